The number of ether oxygens (including phenoxy) is 1. The molecule has 0 saturated heterocycles. The molecule has 1 saturated carbocycles. The van der Waals surface area contributed by atoms with E-state index in [0.29, 0.717) is 18.0 Å². The van der Waals surface area contributed by atoms with E-state index in [4.69, 9.17) is 14.6 Å². The van der Waals surface area contributed by atoms with Crippen molar-refractivity contribution in [1.29, 1.82) is 0 Å². The Hall–Kier alpha value is -4.06. The van der Waals surface area contributed by atoms with Crippen molar-refractivity contribution in [1.82, 2.24) is 5.32 Å². The van der Waals surface area contributed by atoms with Crippen molar-refractivity contribution in [3.8, 4) is 5.75 Å². The number of nitrogens with one attached hydrogen (secondary N) is 2. The SMILES string of the molecule is COc1cccc(S(=O)(=O)Nc2ccc(C3(C(=O)NCc4ccccc4)CC3)cc2)c1.O=C(O)C(F)(F)F. The van der Waals surface area contributed by atoms with Gasteiger partial charge in [-0.15, -0.1) is 0 Å². The Balaban J connectivity index is 0.000000505. The molecule has 0 heterocycles. The summed E-state index contributed by atoms with van der Waals surface area (Å²) >= 11 is 0. The van der Waals surface area contributed by atoms with Gasteiger partial charge in [0, 0.05) is 18.3 Å². The first kappa shape index (κ1) is 28.5. The van der Waals surface area contributed by atoms with E-state index in [1.807, 2.05) is 42.5 Å². The van der Waals surface area contributed by atoms with Crippen LogP contribution in [0, 0.1) is 0 Å². The van der Waals surface area contributed by atoms with Crippen molar-refractivity contribution in [3.05, 3.63) is 90.0 Å². The number of sulfonamides is 1. The maximum atomic E-state index is 12.8. The molecular formula is C26H25F3N2O6S. The second-order valence-corrected chi connectivity index (χ2v) is 10.1. The largest absolute Gasteiger partial charge is 0.497 e. The molecule has 4 rings (SSSR count). The summed E-state index contributed by atoms with van der Waals surface area (Å²) in [5, 5.41) is 10.1. The molecule has 1 amide bonds. The molecule has 0 bridgehead atoms. The van der Waals surface area contributed by atoms with Gasteiger partial charge in [-0.05, 0) is 48.2 Å². The highest BCUT2D eigenvalue weighted by molar-refractivity contribution is 7.92. The fraction of sp³-hybridized carbons (Fsp3) is 0.231. The van der Waals surface area contributed by atoms with E-state index in [1.54, 1.807) is 24.3 Å². The summed E-state index contributed by atoms with van der Waals surface area (Å²) in [7, 11) is -2.26. The van der Waals surface area contributed by atoms with E-state index >= 15 is 0 Å². The lowest BCUT2D eigenvalue weighted by Gasteiger charge is -2.17. The third-order valence-corrected chi connectivity index (χ3v) is 7.14. The summed E-state index contributed by atoms with van der Waals surface area (Å²) in [6, 6.07) is 23.1. The van der Waals surface area contributed by atoms with Crippen molar-refractivity contribution in [2.75, 3.05) is 11.8 Å². The number of anilines is 1. The predicted octanol–water partition coefficient (Wildman–Crippen LogP) is 4.48. The minimum Gasteiger partial charge on any atom is -0.497 e. The second kappa shape index (κ2) is 11.5. The molecule has 202 valence electrons. The third kappa shape index (κ3) is 7.25. The van der Waals surface area contributed by atoms with Crippen molar-refractivity contribution in [2.45, 2.75) is 35.9 Å². The molecule has 0 unspecified atom stereocenters. The van der Waals surface area contributed by atoms with Crippen LogP contribution in [0.2, 0.25) is 0 Å². The van der Waals surface area contributed by atoms with Gasteiger partial charge in [-0.25, -0.2) is 13.2 Å². The van der Waals surface area contributed by atoms with Crippen LogP contribution >= 0.6 is 0 Å². The number of rotatable bonds is 8. The molecule has 1 fully saturated rings. The van der Waals surface area contributed by atoms with Gasteiger partial charge in [-0.2, -0.15) is 13.2 Å². The van der Waals surface area contributed by atoms with Gasteiger partial charge in [0.2, 0.25) is 5.91 Å². The van der Waals surface area contributed by atoms with Crippen molar-refractivity contribution in [3.63, 3.8) is 0 Å². The molecule has 3 N–H and O–H groups in total. The second-order valence-electron chi connectivity index (χ2n) is 8.42. The molecule has 12 heteroatoms. The Morgan fingerprint density at radius 2 is 1.58 bits per heavy atom. The molecule has 1 aliphatic carbocycles. The zero-order valence-corrected chi connectivity index (χ0v) is 21.0. The van der Waals surface area contributed by atoms with E-state index < -0.39 is 27.6 Å². The number of halogens is 3. The average Bonchev–Trinajstić information content (AvgIpc) is 3.70. The number of carbonyl (C=O) groups excluding carboxylic acids is 1. The highest BCUT2D eigenvalue weighted by Gasteiger charge is 2.51. The number of hydrogen-bond acceptors (Lipinski definition) is 5. The van der Waals surface area contributed by atoms with Gasteiger partial charge < -0.3 is 15.2 Å². The van der Waals surface area contributed by atoms with E-state index in [1.165, 1.54) is 19.2 Å². The van der Waals surface area contributed by atoms with E-state index in [2.05, 4.69) is 10.0 Å². The Morgan fingerprint density at radius 3 is 2.11 bits per heavy atom. The molecule has 1 aliphatic rings. The molecule has 38 heavy (non-hydrogen) atoms. The highest BCUT2D eigenvalue weighted by atomic mass is 32.2. The topological polar surface area (TPSA) is 122 Å². The van der Waals surface area contributed by atoms with Gasteiger partial charge in [0.1, 0.15) is 5.75 Å². The molecule has 0 aromatic heterocycles. The lowest BCUT2D eigenvalue weighted by atomic mass is 9.94. The number of alkyl halides is 3. The van der Waals surface area contributed by atoms with Crippen molar-refractivity contribution >= 4 is 27.6 Å². The molecule has 3 aromatic rings. The third-order valence-electron chi connectivity index (χ3n) is 5.76. The quantitative estimate of drug-likeness (QED) is 0.380. The van der Waals surface area contributed by atoms with Gasteiger partial charge >= 0.3 is 12.1 Å². The van der Waals surface area contributed by atoms with Crippen molar-refractivity contribution < 1.29 is 41.0 Å². The lowest BCUT2D eigenvalue weighted by Crippen LogP contribution is -2.34. The Bertz CT molecular complexity index is 1370. The number of carbonyl (C=O) groups is 2. The van der Waals surface area contributed by atoms with E-state index in [-0.39, 0.29) is 10.8 Å². The van der Waals surface area contributed by atoms with Crippen LogP contribution in [0.15, 0.2) is 83.8 Å². The maximum absolute atomic E-state index is 12.8. The fourth-order valence-corrected chi connectivity index (χ4v) is 4.65. The van der Waals surface area contributed by atoms with Gasteiger partial charge in [-0.1, -0.05) is 48.5 Å². The Morgan fingerprint density at radius 1 is 0.974 bits per heavy atom. The number of methoxy groups -OCH3 is 1. The number of benzene rings is 3. The maximum Gasteiger partial charge on any atom is 0.490 e. The molecule has 0 aliphatic heterocycles. The van der Waals surface area contributed by atoms with Crippen LogP contribution in [0.25, 0.3) is 0 Å². The van der Waals surface area contributed by atoms with E-state index in [0.717, 1.165) is 24.0 Å². The molecule has 8 nitrogen and oxygen atoms in total. The number of carboxylic acids is 1. The molecule has 0 spiro atoms. The molecule has 0 atom stereocenters. The van der Waals surface area contributed by atoms with Gasteiger partial charge in [-0.3, -0.25) is 9.52 Å². The first-order valence-electron chi connectivity index (χ1n) is 11.3. The number of carboxylic acid groups (broad SMARTS) is 1. The summed E-state index contributed by atoms with van der Waals surface area (Å²) < 4.78 is 64.7. The normalized spacial score (nSPS) is 13.9. The van der Waals surface area contributed by atoms with E-state index in [9.17, 15) is 26.4 Å². The smallest absolute Gasteiger partial charge is 0.490 e. The standard InChI is InChI=1S/C24H24N2O4S.C2HF3O2/c1-30-21-8-5-9-22(16-21)31(28,29)26-20-12-10-19(11-13-20)24(14-15-24)23(27)25-17-18-6-3-2-4-7-18;3-2(4,5)1(6)7/h2-13,16,26H,14-15,17H2,1H3,(H,25,27);(H,6,7). The zero-order chi connectivity index (χ0) is 28.0. The number of amides is 1. The lowest BCUT2D eigenvalue weighted by molar-refractivity contribution is -0.192. The first-order valence-corrected chi connectivity index (χ1v) is 12.8. The molecular weight excluding hydrogens is 525 g/mol. The summed E-state index contributed by atoms with van der Waals surface area (Å²) in [6.07, 6.45) is -3.52. The van der Waals surface area contributed by atoms with Crippen LogP contribution in [0.1, 0.15) is 24.0 Å². The van der Waals surface area contributed by atoms with Gasteiger partial charge in [0.15, 0.2) is 0 Å². The summed E-state index contributed by atoms with van der Waals surface area (Å²) in [5.41, 5.74) is 1.85. The molecule has 3 aromatic carbocycles. The summed E-state index contributed by atoms with van der Waals surface area (Å²) in [4.78, 5) is 21.8. The fourth-order valence-electron chi connectivity index (χ4n) is 3.56. The van der Waals surface area contributed by atoms with Crippen LogP contribution in [0.4, 0.5) is 18.9 Å². The number of hydrogen-bond donors (Lipinski definition) is 3. The van der Waals surface area contributed by atoms with Crippen LogP contribution in [-0.4, -0.2) is 38.7 Å². The van der Waals surface area contributed by atoms with Crippen LogP contribution < -0.4 is 14.8 Å². The van der Waals surface area contributed by atoms with Crippen LogP contribution in [0.5, 0.6) is 5.75 Å². The minimum atomic E-state index is -5.08. The summed E-state index contributed by atoms with van der Waals surface area (Å²) in [5.74, 6) is -2.29. The Kier molecular flexibility index (Phi) is 8.67. The highest BCUT2D eigenvalue weighted by Crippen LogP contribution is 2.48. The van der Waals surface area contributed by atoms with Gasteiger partial charge in [0.25, 0.3) is 10.0 Å². The Labute approximate surface area is 217 Å². The predicted molar refractivity (Wildman–Crippen MR) is 133 cm³/mol. The van der Waals surface area contributed by atoms with Crippen molar-refractivity contribution in [2.24, 2.45) is 0 Å². The van der Waals surface area contributed by atoms with Gasteiger partial charge in [0.05, 0.1) is 17.4 Å². The first-order chi connectivity index (χ1) is 17.9. The zero-order valence-electron chi connectivity index (χ0n) is 20.2. The number of aliphatic carboxylic acids is 1. The molecule has 0 radical (unpaired) electrons. The summed E-state index contributed by atoms with van der Waals surface area (Å²) in [6.45, 7) is 0.486. The monoisotopic (exact) mass is 550 g/mol. The van der Waals surface area contributed by atoms with Crippen LogP contribution in [0.3, 0.4) is 0 Å². The average molecular weight is 551 g/mol. The van der Waals surface area contributed by atoms with Crippen LogP contribution in [-0.2, 0) is 31.6 Å². The minimum absolute atomic E-state index is 0.000986.